The maximum absolute atomic E-state index is 12.9. The van der Waals surface area contributed by atoms with E-state index in [1.807, 2.05) is 0 Å². The van der Waals surface area contributed by atoms with Crippen molar-refractivity contribution in [3.63, 3.8) is 0 Å². The molecule has 4 atom stereocenters. The summed E-state index contributed by atoms with van der Waals surface area (Å²) in [7, 11) is 1.53. The van der Waals surface area contributed by atoms with Crippen LogP contribution in [-0.2, 0) is 0 Å². The fourth-order valence-electron chi connectivity index (χ4n) is 4.49. The zero-order valence-corrected chi connectivity index (χ0v) is 15.2. The first-order chi connectivity index (χ1) is 11.4. The van der Waals surface area contributed by atoms with E-state index in [2.05, 4.69) is 24.5 Å². The Kier molecular flexibility index (Phi) is 4.67. The molecule has 4 N–H and O–H groups in total. The summed E-state index contributed by atoms with van der Waals surface area (Å²) in [6, 6.07) is 3.75. The fourth-order valence-corrected chi connectivity index (χ4v) is 4.65. The van der Waals surface area contributed by atoms with Gasteiger partial charge in [0, 0.05) is 23.6 Å². The van der Waals surface area contributed by atoms with Gasteiger partial charge in [-0.2, -0.15) is 0 Å². The predicted molar refractivity (Wildman–Crippen MR) is 96.6 cm³/mol. The topological polar surface area (TPSA) is 76.4 Å². The van der Waals surface area contributed by atoms with Gasteiger partial charge in [-0.05, 0) is 44.7 Å². The number of amides is 1. The number of ether oxygens (including phenoxy) is 1. The maximum atomic E-state index is 12.9. The van der Waals surface area contributed by atoms with E-state index in [1.54, 1.807) is 12.1 Å². The molecule has 1 aromatic rings. The van der Waals surface area contributed by atoms with Crippen molar-refractivity contribution < 1.29 is 9.53 Å². The van der Waals surface area contributed by atoms with Crippen LogP contribution < -0.4 is 21.1 Å². The molecule has 1 spiro atoms. The number of hydrogen-bond acceptors (Lipinski definition) is 4. The van der Waals surface area contributed by atoms with Gasteiger partial charge in [0.15, 0.2) is 0 Å². The second-order valence-corrected chi connectivity index (χ2v) is 7.52. The van der Waals surface area contributed by atoms with Crippen molar-refractivity contribution in [3.05, 3.63) is 22.7 Å². The summed E-state index contributed by atoms with van der Waals surface area (Å²) in [5.41, 5.74) is 6.79. The molecule has 0 radical (unpaired) electrons. The molecule has 24 heavy (non-hydrogen) atoms. The highest BCUT2D eigenvalue weighted by Gasteiger charge is 2.55. The molecule has 3 rings (SSSR count). The van der Waals surface area contributed by atoms with Crippen molar-refractivity contribution in [1.82, 2.24) is 10.6 Å². The number of anilines is 1. The van der Waals surface area contributed by atoms with Gasteiger partial charge in [0.05, 0.1) is 23.4 Å². The molecule has 5 nitrogen and oxygen atoms in total. The second-order valence-electron chi connectivity index (χ2n) is 7.12. The maximum Gasteiger partial charge on any atom is 0.255 e. The summed E-state index contributed by atoms with van der Waals surface area (Å²) in [6.07, 6.45) is 3.30. The zero-order valence-electron chi connectivity index (χ0n) is 14.5. The lowest BCUT2D eigenvalue weighted by molar-refractivity contribution is -0.0488. The molecule has 1 saturated heterocycles. The molecule has 0 aromatic heterocycles. The number of nitrogen functional groups attached to an aromatic ring is 1. The highest BCUT2D eigenvalue weighted by atomic mass is 35.5. The number of rotatable bonds is 3. The third-order valence-corrected chi connectivity index (χ3v) is 6.46. The van der Waals surface area contributed by atoms with Gasteiger partial charge in [0.1, 0.15) is 5.75 Å². The lowest BCUT2D eigenvalue weighted by Crippen LogP contribution is -2.67. The Hall–Kier alpha value is -1.46. The van der Waals surface area contributed by atoms with Crippen LogP contribution in [0.15, 0.2) is 12.1 Å². The minimum Gasteiger partial charge on any atom is -0.496 e. The second kappa shape index (κ2) is 6.45. The molecule has 1 heterocycles. The number of halogens is 1. The molecule has 1 aliphatic heterocycles. The number of nitrogens with one attached hydrogen (secondary N) is 2. The molecule has 6 heteroatoms. The van der Waals surface area contributed by atoms with Gasteiger partial charge >= 0.3 is 0 Å². The standard InChI is InChI=1S/C18H26ClN3O2/c1-10-4-6-18(10)11(2)21-7-5-16(18)22-17(23)12-8-13(19)14(20)9-15(12)24-3/h8-11,16,21H,4-7,20H2,1-3H3,(H,22,23). The van der Waals surface area contributed by atoms with Crippen molar-refractivity contribution >= 4 is 23.2 Å². The normalized spacial score (nSPS) is 32.2. The van der Waals surface area contributed by atoms with E-state index < -0.39 is 0 Å². The Balaban J connectivity index is 1.85. The van der Waals surface area contributed by atoms with Crippen LogP contribution in [0.2, 0.25) is 5.02 Å². The number of nitrogens with two attached hydrogens (primary N) is 1. The fraction of sp³-hybridized carbons (Fsp3) is 0.611. The van der Waals surface area contributed by atoms with E-state index in [1.165, 1.54) is 13.5 Å². The Labute approximate surface area is 148 Å². The van der Waals surface area contributed by atoms with Crippen LogP contribution in [0.25, 0.3) is 0 Å². The lowest BCUT2D eigenvalue weighted by Gasteiger charge is -2.59. The predicted octanol–water partition coefficient (Wildman–Crippen LogP) is 2.83. The first-order valence-electron chi connectivity index (χ1n) is 8.57. The molecule has 1 aliphatic carbocycles. The first kappa shape index (κ1) is 17.4. The number of hydrogen-bond donors (Lipinski definition) is 3. The van der Waals surface area contributed by atoms with Crippen molar-refractivity contribution in [2.24, 2.45) is 11.3 Å². The largest absolute Gasteiger partial charge is 0.496 e. The summed E-state index contributed by atoms with van der Waals surface area (Å²) in [4.78, 5) is 12.9. The van der Waals surface area contributed by atoms with E-state index in [4.69, 9.17) is 22.1 Å². The van der Waals surface area contributed by atoms with Crippen LogP contribution in [0, 0.1) is 11.3 Å². The summed E-state index contributed by atoms with van der Waals surface area (Å²) in [5, 5.41) is 7.19. The molecule has 1 saturated carbocycles. The van der Waals surface area contributed by atoms with Gasteiger partial charge in [0.25, 0.3) is 5.91 Å². The van der Waals surface area contributed by atoms with Crippen molar-refractivity contribution in [2.45, 2.75) is 45.2 Å². The zero-order chi connectivity index (χ0) is 17.5. The third-order valence-electron chi connectivity index (χ3n) is 6.14. The minimum atomic E-state index is -0.147. The van der Waals surface area contributed by atoms with Crippen LogP contribution >= 0.6 is 11.6 Å². The van der Waals surface area contributed by atoms with Gasteiger partial charge in [-0.1, -0.05) is 18.5 Å². The quantitative estimate of drug-likeness (QED) is 0.732. The molecular formula is C18H26ClN3O2. The van der Waals surface area contributed by atoms with Gasteiger partial charge in [0.2, 0.25) is 0 Å². The SMILES string of the molecule is COc1cc(N)c(Cl)cc1C(=O)NC1CCNC(C)C12CCC2C. The summed E-state index contributed by atoms with van der Waals surface area (Å²) in [6.45, 7) is 5.43. The Morgan fingerprint density at radius 3 is 2.75 bits per heavy atom. The van der Waals surface area contributed by atoms with Gasteiger partial charge in [-0.15, -0.1) is 0 Å². The van der Waals surface area contributed by atoms with Crippen LogP contribution in [0.3, 0.4) is 0 Å². The minimum absolute atomic E-state index is 0.138. The average Bonchev–Trinajstić information content (AvgIpc) is 2.55. The molecule has 1 aromatic carbocycles. The molecule has 4 unspecified atom stereocenters. The summed E-state index contributed by atoms with van der Waals surface area (Å²) >= 11 is 6.10. The summed E-state index contributed by atoms with van der Waals surface area (Å²) < 4.78 is 5.31. The lowest BCUT2D eigenvalue weighted by atomic mass is 9.52. The van der Waals surface area contributed by atoms with Crippen molar-refractivity contribution in [2.75, 3.05) is 19.4 Å². The van der Waals surface area contributed by atoms with Gasteiger partial charge < -0.3 is 21.1 Å². The molecular weight excluding hydrogens is 326 g/mol. The van der Waals surface area contributed by atoms with E-state index >= 15 is 0 Å². The number of carbonyl (C=O) groups is 1. The monoisotopic (exact) mass is 351 g/mol. The van der Waals surface area contributed by atoms with E-state index in [0.29, 0.717) is 34.0 Å². The average molecular weight is 352 g/mol. The smallest absolute Gasteiger partial charge is 0.255 e. The van der Waals surface area contributed by atoms with E-state index in [-0.39, 0.29) is 17.4 Å². The van der Waals surface area contributed by atoms with Crippen LogP contribution in [0.4, 0.5) is 5.69 Å². The Morgan fingerprint density at radius 1 is 1.42 bits per heavy atom. The van der Waals surface area contributed by atoms with Gasteiger partial charge in [-0.25, -0.2) is 0 Å². The van der Waals surface area contributed by atoms with Gasteiger partial charge in [-0.3, -0.25) is 4.79 Å². The molecule has 132 valence electrons. The van der Waals surface area contributed by atoms with Crippen LogP contribution in [-0.4, -0.2) is 31.6 Å². The Bertz CT molecular complexity index is 651. The number of benzene rings is 1. The molecule has 2 aliphatic rings. The van der Waals surface area contributed by atoms with Crippen molar-refractivity contribution in [1.29, 1.82) is 0 Å². The highest BCUT2D eigenvalue weighted by Crippen LogP contribution is 2.53. The van der Waals surface area contributed by atoms with Crippen LogP contribution in [0.5, 0.6) is 5.75 Å². The van der Waals surface area contributed by atoms with E-state index in [9.17, 15) is 4.79 Å². The highest BCUT2D eigenvalue weighted by molar-refractivity contribution is 6.33. The first-order valence-corrected chi connectivity index (χ1v) is 8.95. The molecule has 0 bridgehead atoms. The van der Waals surface area contributed by atoms with E-state index in [0.717, 1.165) is 19.4 Å². The third kappa shape index (κ3) is 2.64. The van der Waals surface area contributed by atoms with Crippen molar-refractivity contribution in [3.8, 4) is 5.75 Å². The number of piperidine rings is 1. The summed E-state index contributed by atoms with van der Waals surface area (Å²) in [5.74, 6) is 0.904. The number of carbonyl (C=O) groups excluding carboxylic acids is 1. The molecule has 2 fully saturated rings. The Morgan fingerprint density at radius 2 is 2.17 bits per heavy atom. The number of methoxy groups -OCH3 is 1. The van der Waals surface area contributed by atoms with Crippen LogP contribution in [0.1, 0.15) is 43.5 Å². The molecule has 1 amide bonds.